The van der Waals surface area contributed by atoms with Gasteiger partial charge in [-0.15, -0.1) is 0 Å². The number of rotatable bonds is 1. The van der Waals surface area contributed by atoms with Crippen LogP contribution in [0.2, 0.25) is 0 Å². The van der Waals surface area contributed by atoms with Crippen molar-refractivity contribution in [1.29, 1.82) is 5.26 Å². The lowest BCUT2D eigenvalue weighted by atomic mass is 10.0. The van der Waals surface area contributed by atoms with Gasteiger partial charge in [0.15, 0.2) is 0 Å². The number of nitriles is 1. The van der Waals surface area contributed by atoms with Gasteiger partial charge in [0.25, 0.3) is 0 Å². The van der Waals surface area contributed by atoms with Crippen molar-refractivity contribution in [2.24, 2.45) is 4.99 Å². The molecule has 0 saturated heterocycles. The number of ether oxygens (including phenoxy) is 1. The minimum atomic E-state index is -0.354. The molecule has 0 radical (unpaired) electrons. The maximum atomic E-state index is 9.03. The van der Waals surface area contributed by atoms with Gasteiger partial charge >= 0.3 is 0 Å². The topological polar surface area (TPSA) is 58.3 Å². The minimum absolute atomic E-state index is 0.354. The van der Waals surface area contributed by atoms with Crippen LogP contribution in [0.1, 0.15) is 36.2 Å². The molecule has 2 heterocycles. The molecule has 0 amide bonds. The Kier molecular flexibility index (Phi) is 3.42. The maximum Gasteiger partial charge on any atom is 0.143 e. The standard InChI is InChI=1S/C18H17N3O/c1-12-8-13(10-20-15(12)9-19)17-14-6-4-5-7-16(14)22-18(2,3)11-21-17/h4-8,10H,11H2,1-3H3. The number of aromatic nitrogens is 1. The molecule has 3 rings (SSSR count). The van der Waals surface area contributed by atoms with Crippen LogP contribution in [0.25, 0.3) is 0 Å². The van der Waals surface area contributed by atoms with E-state index in [9.17, 15) is 0 Å². The van der Waals surface area contributed by atoms with E-state index in [4.69, 9.17) is 15.0 Å². The predicted molar refractivity (Wildman–Crippen MR) is 85.3 cm³/mol. The molecule has 0 bridgehead atoms. The van der Waals surface area contributed by atoms with Crippen molar-refractivity contribution in [3.05, 3.63) is 58.9 Å². The van der Waals surface area contributed by atoms with Crippen molar-refractivity contribution in [3.63, 3.8) is 0 Å². The second-order valence-corrected chi connectivity index (χ2v) is 6.02. The van der Waals surface area contributed by atoms with Gasteiger partial charge in [-0.25, -0.2) is 4.98 Å². The number of pyridine rings is 1. The molecule has 4 heteroatoms. The van der Waals surface area contributed by atoms with E-state index < -0.39 is 0 Å². The summed E-state index contributed by atoms with van der Waals surface area (Å²) >= 11 is 0. The van der Waals surface area contributed by atoms with Gasteiger partial charge in [0.05, 0.1) is 12.3 Å². The molecule has 0 N–H and O–H groups in total. The number of hydrogen-bond acceptors (Lipinski definition) is 4. The van der Waals surface area contributed by atoms with E-state index in [-0.39, 0.29) is 5.60 Å². The summed E-state index contributed by atoms with van der Waals surface area (Å²) in [5.41, 5.74) is 3.67. The van der Waals surface area contributed by atoms with Crippen LogP contribution in [-0.4, -0.2) is 22.8 Å². The first-order valence-corrected chi connectivity index (χ1v) is 7.20. The highest BCUT2D eigenvalue weighted by Crippen LogP contribution is 2.29. The molecule has 0 saturated carbocycles. The summed E-state index contributed by atoms with van der Waals surface area (Å²) in [5, 5.41) is 9.03. The molecule has 110 valence electrons. The molecular weight excluding hydrogens is 274 g/mol. The van der Waals surface area contributed by atoms with Crippen molar-refractivity contribution in [2.45, 2.75) is 26.4 Å². The monoisotopic (exact) mass is 291 g/mol. The van der Waals surface area contributed by atoms with Crippen LogP contribution in [0.5, 0.6) is 5.75 Å². The van der Waals surface area contributed by atoms with E-state index in [2.05, 4.69) is 11.1 Å². The van der Waals surface area contributed by atoms with Crippen molar-refractivity contribution < 1.29 is 4.74 Å². The van der Waals surface area contributed by atoms with Crippen molar-refractivity contribution in [3.8, 4) is 11.8 Å². The Labute approximate surface area is 130 Å². The van der Waals surface area contributed by atoms with Gasteiger partial charge in [-0.2, -0.15) is 5.26 Å². The molecule has 0 atom stereocenters. The van der Waals surface area contributed by atoms with Crippen LogP contribution in [-0.2, 0) is 0 Å². The number of hydrogen-bond donors (Lipinski definition) is 0. The lowest BCUT2D eigenvalue weighted by molar-refractivity contribution is 0.121. The SMILES string of the molecule is Cc1cc(C2=NCC(C)(C)Oc3ccccc32)cnc1C#N. The van der Waals surface area contributed by atoms with Crippen molar-refractivity contribution in [2.75, 3.05) is 6.54 Å². The maximum absolute atomic E-state index is 9.03. The quantitative estimate of drug-likeness (QED) is 0.810. The number of nitrogens with zero attached hydrogens (tertiary/aromatic N) is 3. The Morgan fingerprint density at radius 1 is 1.27 bits per heavy atom. The molecule has 1 aromatic carbocycles. The van der Waals surface area contributed by atoms with E-state index in [0.717, 1.165) is 28.2 Å². The second kappa shape index (κ2) is 5.27. The number of aliphatic imine (C=N–C) groups is 1. The summed E-state index contributed by atoms with van der Waals surface area (Å²) in [6, 6.07) is 11.9. The third-order valence-electron chi connectivity index (χ3n) is 3.60. The van der Waals surface area contributed by atoms with E-state index in [0.29, 0.717) is 12.2 Å². The number of benzene rings is 1. The second-order valence-electron chi connectivity index (χ2n) is 6.02. The van der Waals surface area contributed by atoms with Gasteiger partial charge < -0.3 is 4.74 Å². The Bertz CT molecular complexity index is 800. The number of para-hydroxylation sites is 1. The highest BCUT2D eigenvalue weighted by atomic mass is 16.5. The fourth-order valence-corrected chi connectivity index (χ4v) is 2.50. The Hall–Kier alpha value is -2.67. The van der Waals surface area contributed by atoms with Gasteiger partial charge in [0.1, 0.15) is 23.1 Å². The summed E-state index contributed by atoms with van der Waals surface area (Å²) in [4.78, 5) is 8.98. The van der Waals surface area contributed by atoms with Crippen molar-refractivity contribution in [1.82, 2.24) is 4.98 Å². The molecule has 2 aromatic rings. The van der Waals surface area contributed by atoms with E-state index in [1.54, 1.807) is 6.20 Å². The van der Waals surface area contributed by atoms with Gasteiger partial charge in [0.2, 0.25) is 0 Å². The fraction of sp³-hybridized carbons (Fsp3) is 0.278. The summed E-state index contributed by atoms with van der Waals surface area (Å²) < 4.78 is 6.08. The van der Waals surface area contributed by atoms with E-state index >= 15 is 0 Å². The molecular formula is C18H17N3O. The zero-order valence-corrected chi connectivity index (χ0v) is 12.9. The van der Waals surface area contributed by atoms with Crippen LogP contribution >= 0.6 is 0 Å². The first-order valence-electron chi connectivity index (χ1n) is 7.20. The van der Waals surface area contributed by atoms with Crippen LogP contribution in [0.4, 0.5) is 0 Å². The molecule has 4 nitrogen and oxygen atoms in total. The third-order valence-corrected chi connectivity index (χ3v) is 3.60. The van der Waals surface area contributed by atoms with Gasteiger partial charge in [0, 0.05) is 17.3 Å². The highest BCUT2D eigenvalue weighted by molar-refractivity contribution is 6.14. The normalized spacial score (nSPS) is 15.8. The third kappa shape index (κ3) is 2.58. The molecule has 0 spiro atoms. The lowest BCUT2D eigenvalue weighted by Crippen LogP contribution is -2.31. The molecule has 1 aromatic heterocycles. The van der Waals surface area contributed by atoms with Crippen LogP contribution in [0.3, 0.4) is 0 Å². The smallest absolute Gasteiger partial charge is 0.143 e. The molecule has 1 aliphatic heterocycles. The number of fused-ring (bicyclic) bond motifs is 1. The minimum Gasteiger partial charge on any atom is -0.485 e. The Balaban J connectivity index is 2.16. The molecule has 22 heavy (non-hydrogen) atoms. The summed E-state index contributed by atoms with van der Waals surface area (Å²) in [7, 11) is 0. The van der Waals surface area contributed by atoms with E-state index in [1.807, 2.05) is 51.1 Å². The van der Waals surface area contributed by atoms with Gasteiger partial charge in [-0.3, -0.25) is 4.99 Å². The first-order chi connectivity index (χ1) is 10.5. The van der Waals surface area contributed by atoms with Crippen LogP contribution in [0, 0.1) is 18.3 Å². The zero-order chi connectivity index (χ0) is 15.7. The molecule has 0 unspecified atom stereocenters. The average molecular weight is 291 g/mol. The van der Waals surface area contributed by atoms with Gasteiger partial charge in [-0.05, 0) is 44.5 Å². The van der Waals surface area contributed by atoms with Crippen LogP contribution in [0.15, 0.2) is 41.5 Å². The fourth-order valence-electron chi connectivity index (χ4n) is 2.50. The highest BCUT2D eigenvalue weighted by Gasteiger charge is 2.26. The summed E-state index contributed by atoms with van der Waals surface area (Å²) in [5.74, 6) is 0.825. The molecule has 0 fully saturated rings. The summed E-state index contributed by atoms with van der Waals surface area (Å²) in [6.45, 7) is 6.51. The Morgan fingerprint density at radius 2 is 2.05 bits per heavy atom. The largest absolute Gasteiger partial charge is 0.485 e. The zero-order valence-electron chi connectivity index (χ0n) is 12.9. The van der Waals surface area contributed by atoms with E-state index in [1.165, 1.54) is 0 Å². The molecule has 0 aliphatic carbocycles. The van der Waals surface area contributed by atoms with Crippen LogP contribution < -0.4 is 4.74 Å². The lowest BCUT2D eigenvalue weighted by Gasteiger charge is -2.23. The van der Waals surface area contributed by atoms with Crippen molar-refractivity contribution >= 4 is 5.71 Å². The number of aryl methyl sites for hydroxylation is 1. The first kappa shape index (κ1) is 14.3. The summed E-state index contributed by atoms with van der Waals surface area (Å²) in [6.07, 6.45) is 1.71. The average Bonchev–Trinajstić information content (AvgIpc) is 2.62. The molecule has 1 aliphatic rings. The predicted octanol–water partition coefficient (Wildman–Crippen LogP) is 3.27. The van der Waals surface area contributed by atoms with Gasteiger partial charge in [-0.1, -0.05) is 12.1 Å². The Morgan fingerprint density at radius 3 is 2.77 bits per heavy atom.